The molecule has 2 N–H and O–H groups in total. The van der Waals surface area contributed by atoms with Crippen molar-refractivity contribution in [1.29, 1.82) is 0 Å². The zero-order valence-corrected chi connectivity index (χ0v) is 17.3. The monoisotopic (exact) mass is 393 g/mol. The Bertz CT molecular complexity index is 639. The number of hydrogen-bond acceptors (Lipinski definition) is 3. The van der Waals surface area contributed by atoms with E-state index < -0.39 is 0 Å². The van der Waals surface area contributed by atoms with Crippen LogP contribution in [-0.4, -0.2) is 32.3 Å². The summed E-state index contributed by atoms with van der Waals surface area (Å²) in [6.45, 7) is 0. The number of guanidine groups is 1. The topological polar surface area (TPSA) is 54.9 Å². The molecule has 0 aliphatic heterocycles. The Kier molecular flexibility index (Phi) is 7.50. The van der Waals surface area contributed by atoms with E-state index in [1.807, 2.05) is 12.1 Å². The van der Waals surface area contributed by atoms with Crippen molar-refractivity contribution in [2.75, 3.05) is 19.5 Å². The van der Waals surface area contributed by atoms with Crippen LogP contribution in [0.3, 0.4) is 0 Å². The summed E-state index contributed by atoms with van der Waals surface area (Å²) >= 11 is 6.34. The molecule has 0 saturated heterocycles. The molecule has 0 aromatic heterocycles. The molecule has 0 radical (unpaired) electrons. The summed E-state index contributed by atoms with van der Waals surface area (Å²) < 4.78 is 10.8. The Morgan fingerprint density at radius 1 is 0.926 bits per heavy atom. The van der Waals surface area contributed by atoms with E-state index in [4.69, 9.17) is 26.1 Å². The van der Waals surface area contributed by atoms with E-state index in [0.717, 1.165) is 24.5 Å². The van der Waals surface area contributed by atoms with Gasteiger partial charge in [-0.1, -0.05) is 50.1 Å². The van der Waals surface area contributed by atoms with E-state index >= 15 is 0 Å². The Balaban J connectivity index is 1.81. The SMILES string of the molecule is COc1cc(OC)c(NC(=NC2CCCCC2)NC2CCCCC2)cc1Cl. The highest BCUT2D eigenvalue weighted by Crippen LogP contribution is 2.36. The summed E-state index contributed by atoms with van der Waals surface area (Å²) in [6.07, 6.45) is 12.5. The highest BCUT2D eigenvalue weighted by atomic mass is 35.5. The largest absolute Gasteiger partial charge is 0.495 e. The van der Waals surface area contributed by atoms with Crippen LogP contribution >= 0.6 is 11.6 Å². The van der Waals surface area contributed by atoms with Crippen molar-refractivity contribution in [3.63, 3.8) is 0 Å². The maximum absolute atomic E-state index is 6.34. The first kappa shape index (κ1) is 20.1. The van der Waals surface area contributed by atoms with Gasteiger partial charge in [0.2, 0.25) is 0 Å². The smallest absolute Gasteiger partial charge is 0.196 e. The molecule has 6 heteroatoms. The van der Waals surface area contributed by atoms with Crippen LogP contribution in [0.1, 0.15) is 64.2 Å². The van der Waals surface area contributed by atoms with Crippen LogP contribution in [0.2, 0.25) is 5.02 Å². The second kappa shape index (κ2) is 10.1. The first-order valence-corrected chi connectivity index (χ1v) is 10.6. The lowest BCUT2D eigenvalue weighted by Gasteiger charge is -2.27. The van der Waals surface area contributed by atoms with Gasteiger partial charge in [-0.25, -0.2) is 4.99 Å². The van der Waals surface area contributed by atoms with Gasteiger partial charge < -0.3 is 20.1 Å². The highest BCUT2D eigenvalue weighted by molar-refractivity contribution is 6.32. The maximum atomic E-state index is 6.34. The second-order valence-electron chi connectivity index (χ2n) is 7.56. The van der Waals surface area contributed by atoms with Crippen molar-refractivity contribution in [3.05, 3.63) is 17.2 Å². The zero-order valence-electron chi connectivity index (χ0n) is 16.5. The third kappa shape index (κ3) is 5.68. The molecule has 2 aliphatic carbocycles. The number of hydrogen-bond donors (Lipinski definition) is 2. The Morgan fingerprint density at radius 3 is 2.19 bits per heavy atom. The van der Waals surface area contributed by atoms with Gasteiger partial charge in [-0.15, -0.1) is 0 Å². The number of aliphatic imine (C=N–C) groups is 1. The van der Waals surface area contributed by atoms with Crippen molar-refractivity contribution in [1.82, 2.24) is 5.32 Å². The number of ether oxygens (including phenoxy) is 2. The fourth-order valence-electron chi connectivity index (χ4n) is 4.02. The van der Waals surface area contributed by atoms with Gasteiger partial charge in [0.05, 0.1) is 31.0 Å². The number of anilines is 1. The third-order valence-corrected chi connectivity index (χ3v) is 5.85. The molecule has 0 bridgehead atoms. The van der Waals surface area contributed by atoms with E-state index in [-0.39, 0.29) is 0 Å². The fourth-order valence-corrected chi connectivity index (χ4v) is 4.26. The van der Waals surface area contributed by atoms with Gasteiger partial charge in [0.15, 0.2) is 5.96 Å². The Hall–Kier alpha value is -1.62. The minimum absolute atomic E-state index is 0.386. The van der Waals surface area contributed by atoms with Crippen LogP contribution < -0.4 is 20.1 Å². The molecule has 150 valence electrons. The molecule has 0 unspecified atom stereocenters. The Morgan fingerprint density at radius 2 is 1.56 bits per heavy atom. The van der Waals surface area contributed by atoms with Gasteiger partial charge in [0, 0.05) is 12.1 Å². The van der Waals surface area contributed by atoms with Crippen molar-refractivity contribution >= 4 is 23.2 Å². The number of nitrogens with zero attached hydrogens (tertiary/aromatic N) is 1. The predicted octanol–water partition coefficient (Wildman–Crippen LogP) is 5.38. The van der Waals surface area contributed by atoms with E-state index in [0.29, 0.717) is 28.6 Å². The fraction of sp³-hybridized carbons (Fsp3) is 0.667. The van der Waals surface area contributed by atoms with Crippen LogP contribution in [-0.2, 0) is 0 Å². The summed E-state index contributed by atoms with van der Waals surface area (Å²) in [5.74, 6) is 2.14. The molecule has 2 fully saturated rings. The summed E-state index contributed by atoms with van der Waals surface area (Å²) in [5, 5.41) is 7.67. The summed E-state index contributed by atoms with van der Waals surface area (Å²) in [5.41, 5.74) is 0.807. The molecule has 5 nitrogen and oxygen atoms in total. The maximum Gasteiger partial charge on any atom is 0.196 e. The number of halogens is 1. The van der Waals surface area contributed by atoms with E-state index in [1.54, 1.807) is 14.2 Å². The van der Waals surface area contributed by atoms with Gasteiger partial charge >= 0.3 is 0 Å². The van der Waals surface area contributed by atoms with Crippen LogP contribution in [0.15, 0.2) is 17.1 Å². The molecule has 0 amide bonds. The van der Waals surface area contributed by atoms with Gasteiger partial charge in [-0.05, 0) is 31.7 Å². The molecule has 3 rings (SSSR count). The summed E-state index contributed by atoms with van der Waals surface area (Å²) in [7, 11) is 3.26. The molecule has 2 aliphatic rings. The first-order chi connectivity index (χ1) is 13.2. The van der Waals surface area contributed by atoms with E-state index in [9.17, 15) is 0 Å². The predicted molar refractivity (Wildman–Crippen MR) is 112 cm³/mol. The molecule has 0 spiro atoms. The van der Waals surface area contributed by atoms with Crippen LogP contribution in [0, 0.1) is 0 Å². The van der Waals surface area contributed by atoms with Gasteiger partial charge in [0.25, 0.3) is 0 Å². The quantitative estimate of drug-likeness (QED) is 0.520. The number of rotatable bonds is 5. The van der Waals surface area contributed by atoms with E-state index in [1.165, 1.54) is 51.4 Å². The van der Waals surface area contributed by atoms with Gasteiger partial charge in [-0.2, -0.15) is 0 Å². The number of nitrogens with one attached hydrogen (secondary N) is 2. The van der Waals surface area contributed by atoms with Crippen LogP contribution in [0.4, 0.5) is 5.69 Å². The van der Waals surface area contributed by atoms with E-state index in [2.05, 4.69) is 10.6 Å². The molecule has 0 heterocycles. The van der Waals surface area contributed by atoms with Crippen molar-refractivity contribution < 1.29 is 9.47 Å². The molecular weight excluding hydrogens is 362 g/mol. The molecule has 2 saturated carbocycles. The van der Waals surface area contributed by atoms with Crippen molar-refractivity contribution in [2.45, 2.75) is 76.3 Å². The summed E-state index contributed by atoms with van der Waals surface area (Å²) in [6, 6.07) is 4.52. The second-order valence-corrected chi connectivity index (χ2v) is 7.97. The normalized spacial score (nSPS) is 19.6. The average molecular weight is 394 g/mol. The number of methoxy groups -OCH3 is 2. The molecule has 27 heavy (non-hydrogen) atoms. The highest BCUT2D eigenvalue weighted by Gasteiger charge is 2.19. The molecule has 0 atom stereocenters. The Labute approximate surface area is 167 Å². The van der Waals surface area contributed by atoms with Gasteiger partial charge in [0.1, 0.15) is 11.5 Å². The lowest BCUT2D eigenvalue weighted by Crippen LogP contribution is -2.41. The van der Waals surface area contributed by atoms with Crippen LogP contribution in [0.5, 0.6) is 11.5 Å². The first-order valence-electron chi connectivity index (χ1n) is 10.2. The minimum atomic E-state index is 0.386. The zero-order chi connectivity index (χ0) is 19.1. The standard InChI is InChI=1S/C21H32ClN3O2/c1-26-19-14-20(27-2)18(13-17(19)22)25-21(23-15-9-5-3-6-10-15)24-16-11-7-4-8-12-16/h13-16H,3-12H2,1-2H3,(H2,23,24,25). The summed E-state index contributed by atoms with van der Waals surface area (Å²) in [4.78, 5) is 5.04. The van der Waals surface area contributed by atoms with Crippen molar-refractivity contribution in [3.8, 4) is 11.5 Å². The van der Waals surface area contributed by atoms with Gasteiger partial charge in [-0.3, -0.25) is 0 Å². The number of benzene rings is 1. The molecule has 1 aromatic rings. The van der Waals surface area contributed by atoms with Crippen molar-refractivity contribution in [2.24, 2.45) is 4.99 Å². The lowest BCUT2D eigenvalue weighted by molar-refractivity contribution is 0.395. The lowest BCUT2D eigenvalue weighted by atomic mass is 9.95. The molecule has 1 aromatic carbocycles. The average Bonchev–Trinajstić information content (AvgIpc) is 2.70. The third-order valence-electron chi connectivity index (χ3n) is 5.56. The molecular formula is C21H32ClN3O2. The van der Waals surface area contributed by atoms with Crippen LogP contribution in [0.25, 0.3) is 0 Å². The minimum Gasteiger partial charge on any atom is -0.495 e.